The summed E-state index contributed by atoms with van der Waals surface area (Å²) in [4.78, 5) is 12.7. The van der Waals surface area contributed by atoms with Gasteiger partial charge in [-0.1, -0.05) is 19.1 Å². The fraction of sp³-hybridized carbons (Fsp3) is 0.364. The van der Waals surface area contributed by atoms with Crippen LogP contribution in [0.5, 0.6) is 11.5 Å². The second-order valence-corrected chi connectivity index (χ2v) is 9.23. The maximum Gasteiger partial charge on any atom is 0.243 e. The predicted molar refractivity (Wildman–Crippen MR) is 120 cm³/mol. The van der Waals surface area contributed by atoms with Crippen molar-refractivity contribution in [1.29, 1.82) is 0 Å². The van der Waals surface area contributed by atoms with Gasteiger partial charge in [-0.15, -0.1) is 0 Å². The van der Waals surface area contributed by atoms with E-state index in [2.05, 4.69) is 9.82 Å². The van der Waals surface area contributed by atoms with E-state index in [-0.39, 0.29) is 36.3 Å². The first-order valence-corrected chi connectivity index (χ1v) is 11.9. The van der Waals surface area contributed by atoms with Crippen LogP contribution >= 0.6 is 0 Å². The number of hydrazone groups is 1. The molecule has 0 fully saturated rings. The Bertz CT molecular complexity index is 1130. The van der Waals surface area contributed by atoms with Gasteiger partial charge in [0.15, 0.2) is 17.3 Å². The van der Waals surface area contributed by atoms with Crippen LogP contribution in [0.25, 0.3) is 0 Å². The molecule has 0 saturated carbocycles. The fourth-order valence-electron chi connectivity index (χ4n) is 3.61. The third-order valence-corrected chi connectivity index (χ3v) is 5.76. The lowest BCUT2D eigenvalue weighted by Crippen LogP contribution is -2.37. The molecule has 0 bridgehead atoms. The second kappa shape index (κ2) is 9.56. The number of hydrogen-bond donors (Lipinski definition) is 1. The smallest absolute Gasteiger partial charge is 0.243 e. The second-order valence-electron chi connectivity index (χ2n) is 7.48. The molecule has 1 unspecified atom stereocenters. The number of carbonyl (C=O) groups excluding carboxylic acids is 1. The van der Waals surface area contributed by atoms with Crippen molar-refractivity contribution in [2.75, 3.05) is 25.2 Å². The summed E-state index contributed by atoms with van der Waals surface area (Å²) in [6, 6.07) is 9.57. The van der Waals surface area contributed by atoms with Crippen LogP contribution in [0, 0.1) is 11.7 Å². The van der Waals surface area contributed by atoms with Crippen LogP contribution in [0.3, 0.4) is 0 Å². The van der Waals surface area contributed by atoms with Crippen LogP contribution in [-0.4, -0.2) is 45.5 Å². The van der Waals surface area contributed by atoms with Gasteiger partial charge in [0, 0.05) is 23.6 Å². The van der Waals surface area contributed by atoms with Gasteiger partial charge in [0.1, 0.15) is 0 Å². The molecule has 1 aliphatic heterocycles. The summed E-state index contributed by atoms with van der Waals surface area (Å²) >= 11 is 0. The Morgan fingerprint density at radius 3 is 2.34 bits per heavy atom. The summed E-state index contributed by atoms with van der Waals surface area (Å²) in [5.41, 5.74) is 2.40. The first kappa shape index (κ1) is 23.5. The number of methoxy groups -OCH3 is 2. The molecule has 0 aliphatic carbocycles. The normalized spacial score (nSPS) is 16.5. The summed E-state index contributed by atoms with van der Waals surface area (Å²) in [6.07, 6.45) is 2.01. The van der Waals surface area contributed by atoms with E-state index in [0.29, 0.717) is 23.4 Å². The topological polar surface area (TPSA) is 97.3 Å². The van der Waals surface area contributed by atoms with Gasteiger partial charge in [-0.2, -0.15) is 5.10 Å². The van der Waals surface area contributed by atoms with E-state index in [1.165, 1.54) is 25.3 Å². The number of sulfonamides is 1. The van der Waals surface area contributed by atoms with Crippen molar-refractivity contribution in [2.45, 2.75) is 26.3 Å². The molecule has 1 N–H and O–H groups in total. The minimum atomic E-state index is -3.37. The molecule has 0 spiro atoms. The minimum absolute atomic E-state index is 0.0139. The summed E-state index contributed by atoms with van der Waals surface area (Å²) in [6.45, 7) is 2.17. The van der Waals surface area contributed by atoms with Crippen LogP contribution in [0.15, 0.2) is 41.5 Å². The van der Waals surface area contributed by atoms with Crippen molar-refractivity contribution >= 4 is 27.3 Å². The zero-order valence-corrected chi connectivity index (χ0v) is 19.2. The van der Waals surface area contributed by atoms with Crippen molar-refractivity contribution in [3.8, 4) is 11.5 Å². The van der Waals surface area contributed by atoms with Crippen LogP contribution in [0.1, 0.15) is 30.9 Å². The van der Waals surface area contributed by atoms with Gasteiger partial charge in [-0.05, 0) is 36.2 Å². The molecule has 1 amide bonds. The van der Waals surface area contributed by atoms with Crippen molar-refractivity contribution in [3.05, 3.63) is 53.3 Å². The highest BCUT2D eigenvalue weighted by Gasteiger charge is 2.32. The highest BCUT2D eigenvalue weighted by atomic mass is 32.2. The van der Waals surface area contributed by atoms with E-state index in [1.807, 2.05) is 6.92 Å². The van der Waals surface area contributed by atoms with Gasteiger partial charge in [0.2, 0.25) is 15.9 Å². The number of amides is 1. The molecule has 2 aromatic carbocycles. The Kier molecular flexibility index (Phi) is 7.02. The van der Waals surface area contributed by atoms with Gasteiger partial charge >= 0.3 is 0 Å². The molecular formula is C22H26FN3O5S. The average molecular weight is 464 g/mol. The van der Waals surface area contributed by atoms with Crippen LogP contribution in [0.2, 0.25) is 0 Å². The highest BCUT2D eigenvalue weighted by molar-refractivity contribution is 7.92. The highest BCUT2D eigenvalue weighted by Crippen LogP contribution is 2.37. The first-order valence-electron chi connectivity index (χ1n) is 10.0. The molecule has 172 valence electrons. The van der Waals surface area contributed by atoms with Crippen molar-refractivity contribution < 1.29 is 27.1 Å². The van der Waals surface area contributed by atoms with Gasteiger partial charge in [0.25, 0.3) is 0 Å². The Morgan fingerprint density at radius 2 is 1.78 bits per heavy atom. The van der Waals surface area contributed by atoms with E-state index in [4.69, 9.17) is 9.47 Å². The molecule has 10 heteroatoms. The maximum atomic E-state index is 14.2. The number of anilines is 1. The quantitative estimate of drug-likeness (QED) is 0.647. The van der Waals surface area contributed by atoms with E-state index >= 15 is 0 Å². The van der Waals surface area contributed by atoms with Crippen molar-refractivity contribution in [2.24, 2.45) is 11.0 Å². The minimum Gasteiger partial charge on any atom is -0.492 e. The van der Waals surface area contributed by atoms with Crippen LogP contribution in [0.4, 0.5) is 10.1 Å². The Balaban J connectivity index is 1.95. The zero-order valence-electron chi connectivity index (χ0n) is 18.4. The number of nitrogens with zero attached hydrogens (tertiary/aromatic N) is 2. The van der Waals surface area contributed by atoms with E-state index in [1.54, 1.807) is 30.3 Å². The molecule has 2 aromatic rings. The van der Waals surface area contributed by atoms with Gasteiger partial charge in [-0.25, -0.2) is 17.8 Å². The van der Waals surface area contributed by atoms with Gasteiger partial charge in [0.05, 0.1) is 32.7 Å². The number of nitrogens with one attached hydrogen (secondary N) is 1. The lowest BCUT2D eigenvalue weighted by atomic mass is 9.89. The molecule has 1 atom stereocenters. The monoisotopic (exact) mass is 463 g/mol. The van der Waals surface area contributed by atoms with Crippen molar-refractivity contribution in [3.63, 3.8) is 0 Å². The van der Waals surface area contributed by atoms with E-state index < -0.39 is 15.8 Å². The Morgan fingerprint density at radius 1 is 1.12 bits per heavy atom. The third-order valence-electron chi connectivity index (χ3n) is 5.15. The van der Waals surface area contributed by atoms with Crippen LogP contribution < -0.4 is 14.2 Å². The Labute approximate surface area is 187 Å². The van der Waals surface area contributed by atoms with Crippen LogP contribution in [-0.2, 0) is 21.4 Å². The van der Waals surface area contributed by atoms with Gasteiger partial charge in [-0.3, -0.25) is 9.52 Å². The number of halogens is 1. The first-order chi connectivity index (χ1) is 15.2. The Hall–Kier alpha value is -3.14. The SMILES string of the molecule is CCC1CC(=O)N(Cc2ccc(NS(C)(=O)=O)cc2)N=C1c1ccc(F)c(OC)c1OC. The summed E-state index contributed by atoms with van der Waals surface area (Å²) in [5, 5.41) is 5.98. The predicted octanol–water partition coefficient (Wildman–Crippen LogP) is 3.38. The molecule has 1 heterocycles. The third kappa shape index (κ3) is 5.18. The zero-order chi connectivity index (χ0) is 23.5. The fourth-order valence-corrected chi connectivity index (χ4v) is 4.18. The summed E-state index contributed by atoms with van der Waals surface area (Å²) in [5.74, 6) is -0.611. The lowest BCUT2D eigenvalue weighted by Gasteiger charge is -2.30. The lowest BCUT2D eigenvalue weighted by molar-refractivity contribution is -0.133. The van der Waals surface area contributed by atoms with E-state index in [0.717, 1.165) is 11.8 Å². The molecule has 0 radical (unpaired) electrons. The number of rotatable bonds is 8. The molecule has 1 aliphatic rings. The average Bonchev–Trinajstić information content (AvgIpc) is 2.75. The van der Waals surface area contributed by atoms with Gasteiger partial charge < -0.3 is 9.47 Å². The standard InChI is InChI=1S/C22H26FN3O5S/c1-5-15-12-19(27)26(13-14-6-8-16(9-7-14)25-32(4,28)29)24-20(15)17-10-11-18(23)22(31-3)21(17)30-2/h6-11,15,25H,5,12-13H2,1-4H3. The number of hydrogen-bond acceptors (Lipinski definition) is 6. The largest absolute Gasteiger partial charge is 0.492 e. The molecular weight excluding hydrogens is 437 g/mol. The molecule has 0 aromatic heterocycles. The molecule has 0 saturated heterocycles. The molecule has 3 rings (SSSR count). The summed E-state index contributed by atoms with van der Waals surface area (Å²) < 4.78 is 49.9. The number of ether oxygens (including phenoxy) is 2. The maximum absolute atomic E-state index is 14.2. The van der Waals surface area contributed by atoms with Crippen molar-refractivity contribution in [1.82, 2.24) is 5.01 Å². The molecule has 8 nitrogen and oxygen atoms in total. The van der Waals surface area contributed by atoms with E-state index in [9.17, 15) is 17.6 Å². The number of benzene rings is 2. The number of carbonyl (C=O) groups is 1. The molecule has 32 heavy (non-hydrogen) atoms. The summed E-state index contributed by atoms with van der Waals surface area (Å²) in [7, 11) is -0.579.